The molecule has 0 saturated heterocycles. The van der Waals surface area contributed by atoms with Crippen molar-refractivity contribution >= 4 is 5.69 Å². The average Bonchev–Trinajstić information content (AvgIpc) is 2.46. The number of hydrogen-bond donors (Lipinski definition) is 1. The third-order valence-electron chi connectivity index (χ3n) is 2.83. The summed E-state index contributed by atoms with van der Waals surface area (Å²) < 4.78 is 5.03. The molecule has 0 bridgehead atoms. The molecule has 1 N–H and O–H groups in total. The van der Waals surface area contributed by atoms with Gasteiger partial charge in [-0.05, 0) is 23.3 Å². The van der Waals surface area contributed by atoms with Crippen LogP contribution in [0.4, 0.5) is 5.69 Å². The molecule has 98 valence electrons. The minimum atomic E-state index is -0.897. The van der Waals surface area contributed by atoms with Crippen molar-refractivity contribution in [1.82, 2.24) is 0 Å². The van der Waals surface area contributed by atoms with Gasteiger partial charge in [-0.2, -0.15) is 0 Å². The lowest BCUT2D eigenvalue weighted by Gasteiger charge is -2.11. The smallest absolute Gasteiger partial charge is 0.269 e. The molecule has 0 aromatic heterocycles. The Labute approximate surface area is 110 Å². The average molecular weight is 259 g/mol. The number of aliphatic hydroxyl groups is 1. The van der Waals surface area contributed by atoms with Gasteiger partial charge >= 0.3 is 0 Å². The summed E-state index contributed by atoms with van der Waals surface area (Å²) in [5, 5.41) is 20.9. The molecule has 1 atom stereocenters. The highest BCUT2D eigenvalue weighted by molar-refractivity contribution is 5.40. The van der Waals surface area contributed by atoms with Crippen LogP contribution >= 0.6 is 0 Å². The molecule has 2 aromatic rings. The van der Waals surface area contributed by atoms with Gasteiger partial charge in [-0.15, -0.1) is 0 Å². The molecule has 0 spiro atoms. The Balaban J connectivity index is 2.29. The van der Waals surface area contributed by atoms with Crippen LogP contribution in [0.2, 0.25) is 0 Å². The van der Waals surface area contributed by atoms with Crippen LogP contribution in [0.5, 0.6) is 5.75 Å². The highest BCUT2D eigenvalue weighted by Crippen LogP contribution is 2.26. The predicted molar refractivity (Wildman–Crippen MR) is 70.2 cm³/mol. The standard InChI is InChI=1S/C14H13NO4/c1-19-13-7-5-10(6-8-13)14(16)11-3-2-4-12(9-11)15(17)18/h2-9,14,16H,1H3/t14-/m1/s1. The maximum absolute atomic E-state index is 10.7. The lowest BCUT2D eigenvalue weighted by molar-refractivity contribution is -0.385. The van der Waals surface area contributed by atoms with Crippen LogP contribution in [0.1, 0.15) is 17.2 Å². The van der Waals surface area contributed by atoms with Crippen molar-refractivity contribution in [3.63, 3.8) is 0 Å². The Morgan fingerprint density at radius 1 is 1.16 bits per heavy atom. The lowest BCUT2D eigenvalue weighted by atomic mass is 10.0. The van der Waals surface area contributed by atoms with Gasteiger partial charge in [0.1, 0.15) is 11.9 Å². The molecule has 0 saturated carbocycles. The SMILES string of the molecule is COc1ccc([C@@H](O)c2cccc([N+](=O)[O-])c2)cc1. The quantitative estimate of drug-likeness (QED) is 0.676. The minimum Gasteiger partial charge on any atom is -0.497 e. The van der Waals surface area contributed by atoms with Crippen molar-refractivity contribution < 1.29 is 14.8 Å². The zero-order valence-corrected chi connectivity index (χ0v) is 10.3. The van der Waals surface area contributed by atoms with E-state index in [-0.39, 0.29) is 5.69 Å². The molecule has 0 unspecified atom stereocenters. The van der Waals surface area contributed by atoms with Gasteiger partial charge < -0.3 is 9.84 Å². The van der Waals surface area contributed by atoms with Gasteiger partial charge in [0.05, 0.1) is 12.0 Å². The van der Waals surface area contributed by atoms with Gasteiger partial charge in [0, 0.05) is 12.1 Å². The van der Waals surface area contributed by atoms with Crippen LogP contribution < -0.4 is 4.74 Å². The van der Waals surface area contributed by atoms with Gasteiger partial charge in [0.15, 0.2) is 0 Å². The van der Waals surface area contributed by atoms with Crippen molar-refractivity contribution in [1.29, 1.82) is 0 Å². The molecule has 0 aliphatic carbocycles. The Morgan fingerprint density at radius 2 is 1.84 bits per heavy atom. The van der Waals surface area contributed by atoms with Crippen LogP contribution in [0, 0.1) is 10.1 Å². The van der Waals surface area contributed by atoms with E-state index in [0.717, 1.165) is 0 Å². The van der Waals surface area contributed by atoms with E-state index in [0.29, 0.717) is 16.9 Å². The molecule has 0 amide bonds. The molecule has 5 nitrogen and oxygen atoms in total. The van der Waals surface area contributed by atoms with E-state index in [4.69, 9.17) is 4.74 Å². The van der Waals surface area contributed by atoms with Gasteiger partial charge in [-0.3, -0.25) is 10.1 Å². The summed E-state index contributed by atoms with van der Waals surface area (Å²) in [7, 11) is 1.56. The highest BCUT2D eigenvalue weighted by Gasteiger charge is 2.14. The van der Waals surface area contributed by atoms with E-state index < -0.39 is 11.0 Å². The minimum absolute atomic E-state index is 0.0370. The highest BCUT2D eigenvalue weighted by atomic mass is 16.6. The second-order valence-corrected chi connectivity index (χ2v) is 4.03. The second-order valence-electron chi connectivity index (χ2n) is 4.03. The number of benzene rings is 2. The van der Waals surface area contributed by atoms with Crippen LogP contribution in [-0.2, 0) is 0 Å². The monoisotopic (exact) mass is 259 g/mol. The summed E-state index contributed by atoms with van der Waals surface area (Å²) in [6, 6.07) is 12.9. The van der Waals surface area contributed by atoms with Crippen molar-refractivity contribution in [2.45, 2.75) is 6.10 Å². The van der Waals surface area contributed by atoms with Crippen molar-refractivity contribution in [2.75, 3.05) is 7.11 Å². The van der Waals surface area contributed by atoms with Crippen molar-refractivity contribution in [3.8, 4) is 5.75 Å². The maximum atomic E-state index is 10.7. The van der Waals surface area contributed by atoms with E-state index >= 15 is 0 Å². The summed E-state index contributed by atoms with van der Waals surface area (Å²) in [6.45, 7) is 0. The Bertz CT molecular complexity index is 580. The number of rotatable bonds is 4. The second kappa shape index (κ2) is 5.49. The van der Waals surface area contributed by atoms with Crippen LogP contribution in [0.3, 0.4) is 0 Å². The summed E-state index contributed by atoms with van der Waals surface area (Å²) in [6.07, 6.45) is -0.897. The number of hydrogen-bond acceptors (Lipinski definition) is 4. The molecule has 0 aliphatic heterocycles. The van der Waals surface area contributed by atoms with E-state index in [2.05, 4.69) is 0 Å². The first-order chi connectivity index (χ1) is 9.11. The van der Waals surface area contributed by atoms with E-state index in [1.807, 2.05) is 0 Å². The van der Waals surface area contributed by atoms with E-state index in [1.54, 1.807) is 43.5 Å². The molecule has 5 heteroatoms. The summed E-state index contributed by atoms with van der Waals surface area (Å²) in [4.78, 5) is 10.2. The van der Waals surface area contributed by atoms with E-state index in [1.165, 1.54) is 12.1 Å². The fourth-order valence-corrected chi connectivity index (χ4v) is 1.79. The molecule has 2 rings (SSSR count). The fraction of sp³-hybridized carbons (Fsp3) is 0.143. The van der Waals surface area contributed by atoms with Crippen LogP contribution in [0.25, 0.3) is 0 Å². The van der Waals surface area contributed by atoms with Crippen molar-refractivity contribution in [2.24, 2.45) is 0 Å². The molecule has 0 heterocycles. The number of ether oxygens (including phenoxy) is 1. The molecule has 0 fully saturated rings. The third-order valence-corrected chi connectivity index (χ3v) is 2.83. The zero-order chi connectivity index (χ0) is 13.8. The normalized spacial score (nSPS) is 11.9. The molecule has 2 aromatic carbocycles. The zero-order valence-electron chi connectivity index (χ0n) is 10.3. The maximum Gasteiger partial charge on any atom is 0.269 e. The Kier molecular flexibility index (Phi) is 3.77. The molecule has 0 aliphatic rings. The molecule has 19 heavy (non-hydrogen) atoms. The van der Waals surface area contributed by atoms with Crippen LogP contribution in [-0.4, -0.2) is 17.1 Å². The first-order valence-corrected chi connectivity index (χ1v) is 5.68. The lowest BCUT2D eigenvalue weighted by Crippen LogP contribution is -2.00. The van der Waals surface area contributed by atoms with Gasteiger partial charge in [0.2, 0.25) is 0 Å². The predicted octanol–water partition coefficient (Wildman–Crippen LogP) is 2.69. The third kappa shape index (κ3) is 2.89. The molecular formula is C14H13NO4. The number of aliphatic hydroxyl groups excluding tert-OH is 1. The topological polar surface area (TPSA) is 72.6 Å². The number of non-ortho nitro benzene ring substituents is 1. The number of nitro benzene ring substituents is 1. The number of nitro groups is 1. The summed E-state index contributed by atoms with van der Waals surface area (Å²) in [5.41, 5.74) is 1.10. The Hall–Kier alpha value is -2.40. The first kappa shape index (κ1) is 13.0. The van der Waals surface area contributed by atoms with Crippen LogP contribution in [0.15, 0.2) is 48.5 Å². The van der Waals surface area contributed by atoms with Gasteiger partial charge in [0.25, 0.3) is 5.69 Å². The van der Waals surface area contributed by atoms with Gasteiger partial charge in [-0.25, -0.2) is 0 Å². The number of nitrogens with zero attached hydrogens (tertiary/aromatic N) is 1. The molecule has 0 radical (unpaired) electrons. The van der Waals surface area contributed by atoms with Gasteiger partial charge in [-0.1, -0.05) is 24.3 Å². The fourth-order valence-electron chi connectivity index (χ4n) is 1.79. The first-order valence-electron chi connectivity index (χ1n) is 5.68. The van der Waals surface area contributed by atoms with Crippen molar-refractivity contribution in [3.05, 3.63) is 69.8 Å². The largest absolute Gasteiger partial charge is 0.497 e. The summed E-state index contributed by atoms with van der Waals surface area (Å²) in [5.74, 6) is 0.690. The Morgan fingerprint density at radius 3 is 2.42 bits per heavy atom. The number of methoxy groups -OCH3 is 1. The summed E-state index contributed by atoms with van der Waals surface area (Å²) >= 11 is 0. The molecular weight excluding hydrogens is 246 g/mol. The van der Waals surface area contributed by atoms with E-state index in [9.17, 15) is 15.2 Å².